The maximum atomic E-state index is 9.11. The molecule has 3 nitrogen and oxygen atoms in total. The summed E-state index contributed by atoms with van der Waals surface area (Å²) in [4.78, 5) is 8.82. The first kappa shape index (κ1) is 31.9. The molecule has 1 aliphatic carbocycles. The Hall–Kier alpha value is -6.84. The van der Waals surface area contributed by atoms with Crippen LogP contribution in [0.4, 0.5) is 0 Å². The van der Waals surface area contributed by atoms with Crippen LogP contribution in [0.2, 0.25) is 0 Å². The van der Waals surface area contributed by atoms with Crippen molar-refractivity contribution in [3.8, 4) is 22.3 Å². The molecule has 0 bridgehead atoms. The quantitative estimate of drug-likeness (QED) is 0.163. The summed E-state index contributed by atoms with van der Waals surface area (Å²) >= 11 is 0. The summed E-state index contributed by atoms with van der Waals surface area (Å²) in [5.74, 6) is 0. The fraction of sp³-hybridized carbons (Fsp3) is 0.0588. The van der Waals surface area contributed by atoms with Crippen LogP contribution < -0.4 is 0 Å². The molecule has 0 radical (unpaired) electrons. The van der Waals surface area contributed by atoms with E-state index in [0.717, 1.165) is 49.6 Å². The largest absolute Gasteiger partial charge is 0.354 e. The molecule has 0 atom stereocenters. The zero-order valence-electron chi connectivity index (χ0n) is 30.2. The summed E-state index contributed by atoms with van der Waals surface area (Å²) in [6.07, 6.45) is 3.88. The Bertz CT molecular complexity index is 3030. The molecule has 0 unspecified atom stereocenters. The van der Waals surface area contributed by atoms with E-state index in [-0.39, 0.29) is 5.41 Å². The second-order valence-electron chi connectivity index (χ2n) is 14.8. The number of rotatable bonds is 6. The van der Waals surface area contributed by atoms with Gasteiger partial charge in [0.1, 0.15) is 0 Å². The Morgan fingerprint density at radius 3 is 2.00 bits per heavy atom. The fourth-order valence-corrected chi connectivity index (χ4v) is 8.92. The zero-order valence-corrected chi connectivity index (χ0v) is 30.2. The molecule has 2 N–H and O–H groups in total. The van der Waals surface area contributed by atoms with E-state index in [1.807, 2.05) is 42.6 Å². The Morgan fingerprint density at radius 2 is 1.17 bits per heavy atom. The standard InChI is InChI=1S/C51H37N3/c1-51(2)49-36-18-7-6-14-32(36)26-29-41(49)40-22-12-21-39(50(40)51)38-28-27-34(35-17-8-9-19-37(35)38)31-53-47(30-44(52)33-15-4-3-5-16-33)43-23-13-25-46-48(43)42-20-10-11-24-45(42)54-46/h3-31,52,54H,1-2H3/b47-30-,52-44?,53-31?. The molecule has 0 saturated carbocycles. The van der Waals surface area contributed by atoms with E-state index >= 15 is 0 Å². The molecule has 9 aromatic rings. The first-order chi connectivity index (χ1) is 26.5. The molecule has 0 amide bonds. The fourth-order valence-electron chi connectivity index (χ4n) is 8.92. The number of aromatic amines is 1. The number of aliphatic imine (C=N–C) groups is 1. The third-order valence-corrected chi connectivity index (χ3v) is 11.3. The van der Waals surface area contributed by atoms with Crippen LogP contribution in [0.5, 0.6) is 0 Å². The lowest BCUT2D eigenvalue weighted by Crippen LogP contribution is -2.17. The number of nitrogens with zero attached hydrogens (tertiary/aromatic N) is 1. The van der Waals surface area contributed by atoms with Gasteiger partial charge in [0, 0.05) is 44.6 Å². The molecule has 54 heavy (non-hydrogen) atoms. The van der Waals surface area contributed by atoms with Crippen LogP contribution >= 0.6 is 0 Å². The maximum Gasteiger partial charge on any atom is 0.0730 e. The van der Waals surface area contributed by atoms with Gasteiger partial charge in [-0.15, -0.1) is 0 Å². The van der Waals surface area contributed by atoms with Crippen molar-refractivity contribution in [3.63, 3.8) is 0 Å². The van der Waals surface area contributed by atoms with E-state index < -0.39 is 0 Å². The number of allylic oxidation sites excluding steroid dienone is 1. The molecule has 1 aliphatic rings. The Morgan fingerprint density at radius 1 is 0.537 bits per heavy atom. The minimum Gasteiger partial charge on any atom is -0.354 e. The third kappa shape index (κ3) is 4.97. The first-order valence-electron chi connectivity index (χ1n) is 18.5. The lowest BCUT2D eigenvalue weighted by Gasteiger charge is -2.26. The topological polar surface area (TPSA) is 52.0 Å². The van der Waals surface area contributed by atoms with Crippen molar-refractivity contribution in [2.75, 3.05) is 0 Å². The number of hydrogen-bond acceptors (Lipinski definition) is 2. The number of aromatic nitrogens is 1. The smallest absolute Gasteiger partial charge is 0.0730 e. The van der Waals surface area contributed by atoms with E-state index in [1.54, 1.807) is 0 Å². The highest BCUT2D eigenvalue weighted by atomic mass is 14.7. The lowest BCUT2D eigenvalue weighted by atomic mass is 9.77. The van der Waals surface area contributed by atoms with Crippen LogP contribution in [0.3, 0.4) is 0 Å². The number of fused-ring (bicyclic) bond motifs is 9. The van der Waals surface area contributed by atoms with Crippen molar-refractivity contribution >= 4 is 61.0 Å². The van der Waals surface area contributed by atoms with Crippen LogP contribution in [-0.2, 0) is 5.41 Å². The summed E-state index contributed by atoms with van der Waals surface area (Å²) in [6, 6.07) is 57.8. The normalized spacial score (nSPS) is 13.6. The van der Waals surface area contributed by atoms with Crippen molar-refractivity contribution in [1.82, 2.24) is 4.98 Å². The lowest BCUT2D eigenvalue weighted by molar-refractivity contribution is 0.668. The number of H-pyrrole nitrogens is 1. The summed E-state index contributed by atoms with van der Waals surface area (Å²) < 4.78 is 0. The van der Waals surface area contributed by atoms with Crippen molar-refractivity contribution in [3.05, 3.63) is 198 Å². The van der Waals surface area contributed by atoms with Gasteiger partial charge in [0.25, 0.3) is 0 Å². The minimum absolute atomic E-state index is 0.185. The van der Waals surface area contributed by atoms with E-state index in [4.69, 9.17) is 10.4 Å². The van der Waals surface area contributed by atoms with E-state index in [9.17, 15) is 0 Å². The average molecular weight is 692 g/mol. The highest BCUT2D eigenvalue weighted by molar-refractivity contribution is 6.17. The van der Waals surface area contributed by atoms with E-state index in [0.29, 0.717) is 5.71 Å². The molecule has 0 fully saturated rings. The second kappa shape index (κ2) is 12.4. The van der Waals surface area contributed by atoms with Gasteiger partial charge in [0.15, 0.2) is 0 Å². The molecule has 0 spiro atoms. The highest BCUT2D eigenvalue weighted by Gasteiger charge is 2.39. The predicted octanol–water partition coefficient (Wildman–Crippen LogP) is 13.1. The monoisotopic (exact) mass is 691 g/mol. The van der Waals surface area contributed by atoms with E-state index in [1.165, 1.54) is 49.5 Å². The van der Waals surface area contributed by atoms with Gasteiger partial charge >= 0.3 is 0 Å². The highest BCUT2D eigenvalue weighted by Crippen LogP contribution is 2.54. The molecule has 1 heterocycles. The van der Waals surface area contributed by atoms with Gasteiger partial charge in [-0.2, -0.15) is 0 Å². The summed E-state index contributed by atoms with van der Waals surface area (Å²) in [5.41, 5.74) is 13.8. The van der Waals surface area contributed by atoms with Crippen molar-refractivity contribution in [2.24, 2.45) is 4.99 Å². The van der Waals surface area contributed by atoms with Crippen LogP contribution in [0.25, 0.3) is 71.3 Å². The summed E-state index contributed by atoms with van der Waals surface area (Å²) in [6.45, 7) is 4.76. The van der Waals surface area contributed by atoms with Crippen molar-refractivity contribution < 1.29 is 0 Å². The van der Waals surface area contributed by atoms with Gasteiger partial charge in [-0.25, -0.2) is 0 Å². The Labute approximate surface area is 314 Å². The second-order valence-corrected chi connectivity index (χ2v) is 14.8. The molecule has 0 saturated heterocycles. The van der Waals surface area contributed by atoms with Crippen LogP contribution in [0, 0.1) is 5.41 Å². The maximum absolute atomic E-state index is 9.11. The molecule has 3 heteroatoms. The van der Waals surface area contributed by atoms with Gasteiger partial charge in [-0.1, -0.05) is 166 Å². The number of para-hydroxylation sites is 1. The molecule has 10 rings (SSSR count). The summed E-state index contributed by atoms with van der Waals surface area (Å²) in [7, 11) is 0. The minimum atomic E-state index is -0.185. The van der Waals surface area contributed by atoms with Crippen LogP contribution in [-0.4, -0.2) is 16.9 Å². The molecule has 256 valence electrons. The molecule has 0 aliphatic heterocycles. The van der Waals surface area contributed by atoms with Gasteiger partial charge < -0.3 is 10.4 Å². The zero-order chi connectivity index (χ0) is 36.4. The van der Waals surface area contributed by atoms with Gasteiger partial charge in [0.05, 0.1) is 11.4 Å². The van der Waals surface area contributed by atoms with Crippen molar-refractivity contribution in [2.45, 2.75) is 19.3 Å². The summed E-state index contributed by atoms with van der Waals surface area (Å²) in [5, 5.41) is 16.3. The Balaban J connectivity index is 1.12. The SMILES string of the molecule is CC1(C)c2c(cccc2-c2ccc(C=N/C(=C\C(=N)c3ccccc3)c3cccc4[nH]c5ccccc5c34)c3ccccc23)-c2ccc3ccccc3c21. The third-order valence-electron chi connectivity index (χ3n) is 11.3. The number of benzene rings is 8. The number of hydrogen-bond donors (Lipinski definition) is 2. The molecular weight excluding hydrogens is 655 g/mol. The Kier molecular flexibility index (Phi) is 7.31. The first-order valence-corrected chi connectivity index (χ1v) is 18.5. The molecule has 1 aromatic heterocycles. The van der Waals surface area contributed by atoms with Gasteiger partial charge in [-0.05, 0) is 78.7 Å². The van der Waals surface area contributed by atoms with Crippen LogP contribution in [0.1, 0.15) is 41.7 Å². The molecule has 8 aromatic carbocycles. The number of nitrogens with one attached hydrogen (secondary N) is 2. The van der Waals surface area contributed by atoms with E-state index in [2.05, 4.69) is 152 Å². The van der Waals surface area contributed by atoms with Gasteiger partial charge in [0.2, 0.25) is 0 Å². The predicted molar refractivity (Wildman–Crippen MR) is 229 cm³/mol. The van der Waals surface area contributed by atoms with Crippen molar-refractivity contribution in [1.29, 1.82) is 5.41 Å². The molecular formula is C51H37N3. The van der Waals surface area contributed by atoms with Crippen LogP contribution in [0.15, 0.2) is 175 Å². The van der Waals surface area contributed by atoms with Gasteiger partial charge in [-0.3, -0.25) is 4.99 Å². The average Bonchev–Trinajstić information content (AvgIpc) is 3.72.